The van der Waals surface area contributed by atoms with Gasteiger partial charge in [0.1, 0.15) is 5.78 Å². The molecule has 0 spiro atoms. The van der Waals surface area contributed by atoms with Gasteiger partial charge in [0.25, 0.3) is 0 Å². The molecular weight excluding hydrogens is 220 g/mol. The lowest BCUT2D eigenvalue weighted by Crippen LogP contribution is -2.04. The second-order valence-electron chi connectivity index (χ2n) is 4.47. The number of fused-ring (bicyclic) bond motifs is 1. The molecule has 0 saturated carbocycles. The lowest BCUT2D eigenvalue weighted by molar-refractivity contribution is -0.118. The Morgan fingerprint density at radius 3 is 3.06 bits per heavy atom. The van der Waals surface area contributed by atoms with Crippen LogP contribution in [0.5, 0.6) is 0 Å². The minimum atomic E-state index is 0.291. The average Bonchev–Trinajstić information content (AvgIpc) is 2.74. The van der Waals surface area contributed by atoms with Gasteiger partial charge in [0.2, 0.25) is 0 Å². The van der Waals surface area contributed by atoms with Gasteiger partial charge in [0, 0.05) is 24.2 Å². The summed E-state index contributed by atoms with van der Waals surface area (Å²) in [6, 6.07) is 0. The van der Waals surface area contributed by atoms with Crippen LogP contribution in [0.3, 0.4) is 0 Å². The van der Waals surface area contributed by atoms with Gasteiger partial charge in [-0.25, -0.2) is 4.98 Å². The quantitative estimate of drug-likeness (QED) is 0.800. The van der Waals surface area contributed by atoms with Crippen LogP contribution in [-0.2, 0) is 11.2 Å². The van der Waals surface area contributed by atoms with Crippen LogP contribution in [-0.4, -0.2) is 15.2 Å². The van der Waals surface area contributed by atoms with Crippen LogP contribution in [0.15, 0.2) is 17.8 Å². The van der Waals surface area contributed by atoms with E-state index in [1.165, 1.54) is 0 Å². The monoisotopic (exact) mass is 236 g/mol. The normalized spacial score (nSPS) is 11.4. The Balaban J connectivity index is 1.94. The van der Waals surface area contributed by atoms with E-state index in [9.17, 15) is 4.79 Å². The maximum Gasteiger partial charge on any atom is 0.193 e. The number of aromatic nitrogens is 2. The number of ketones is 1. The second kappa shape index (κ2) is 4.78. The first-order chi connectivity index (χ1) is 7.65. The number of Topliss-reactive ketones (excluding diaryl/α,β-unsaturated/α-hetero) is 1. The van der Waals surface area contributed by atoms with Crippen molar-refractivity contribution in [3.8, 4) is 0 Å². The van der Waals surface area contributed by atoms with E-state index in [2.05, 4.69) is 18.8 Å². The van der Waals surface area contributed by atoms with Crippen LogP contribution in [0.4, 0.5) is 0 Å². The van der Waals surface area contributed by atoms with Gasteiger partial charge in [0.15, 0.2) is 4.96 Å². The van der Waals surface area contributed by atoms with Crippen molar-refractivity contribution in [2.45, 2.75) is 33.1 Å². The smallest absolute Gasteiger partial charge is 0.193 e. The Labute approximate surface area is 99.1 Å². The zero-order chi connectivity index (χ0) is 11.5. The number of carbonyl (C=O) groups is 1. The van der Waals surface area contributed by atoms with Gasteiger partial charge in [-0.3, -0.25) is 9.20 Å². The zero-order valence-corrected chi connectivity index (χ0v) is 10.5. The van der Waals surface area contributed by atoms with E-state index in [0.29, 0.717) is 24.5 Å². The lowest BCUT2D eigenvalue weighted by atomic mass is 10.0. The molecule has 16 heavy (non-hydrogen) atoms. The SMILES string of the molecule is CC(C)CCC(=O)Cc1cn2ccsc2n1. The molecule has 2 aromatic rings. The summed E-state index contributed by atoms with van der Waals surface area (Å²) in [5, 5.41) is 1.99. The van der Waals surface area contributed by atoms with Gasteiger partial charge in [-0.05, 0) is 12.3 Å². The van der Waals surface area contributed by atoms with Gasteiger partial charge < -0.3 is 0 Å². The van der Waals surface area contributed by atoms with E-state index < -0.39 is 0 Å². The fourth-order valence-electron chi connectivity index (χ4n) is 1.60. The molecule has 0 radical (unpaired) electrons. The van der Waals surface area contributed by atoms with Crippen molar-refractivity contribution in [1.82, 2.24) is 9.38 Å². The summed E-state index contributed by atoms with van der Waals surface area (Å²) in [5.74, 6) is 0.883. The maximum atomic E-state index is 11.7. The van der Waals surface area contributed by atoms with Gasteiger partial charge in [-0.2, -0.15) is 0 Å². The van der Waals surface area contributed by atoms with E-state index >= 15 is 0 Å². The standard InChI is InChI=1S/C12H16N2OS/c1-9(2)3-4-11(15)7-10-8-14-5-6-16-12(14)13-10/h5-6,8-9H,3-4,7H2,1-2H3. The molecule has 2 rings (SSSR count). The first kappa shape index (κ1) is 11.3. The summed E-state index contributed by atoms with van der Waals surface area (Å²) in [6.45, 7) is 4.28. The molecular formula is C12H16N2OS. The molecule has 86 valence electrons. The van der Waals surface area contributed by atoms with Crippen molar-refractivity contribution < 1.29 is 4.79 Å². The Morgan fingerprint density at radius 2 is 2.38 bits per heavy atom. The van der Waals surface area contributed by atoms with Crippen LogP contribution in [0, 0.1) is 5.92 Å². The Morgan fingerprint density at radius 1 is 1.56 bits per heavy atom. The second-order valence-corrected chi connectivity index (χ2v) is 5.35. The highest BCUT2D eigenvalue weighted by Gasteiger charge is 2.08. The summed E-state index contributed by atoms with van der Waals surface area (Å²) in [7, 11) is 0. The molecule has 3 nitrogen and oxygen atoms in total. The number of hydrogen-bond donors (Lipinski definition) is 0. The fraction of sp³-hybridized carbons (Fsp3) is 0.500. The van der Waals surface area contributed by atoms with Crippen LogP contribution < -0.4 is 0 Å². The summed E-state index contributed by atoms with van der Waals surface area (Å²) in [4.78, 5) is 17.0. The van der Waals surface area contributed by atoms with Gasteiger partial charge >= 0.3 is 0 Å². The Hall–Kier alpha value is -1.16. The molecule has 4 heteroatoms. The lowest BCUT2D eigenvalue weighted by Gasteiger charge is -2.01. The summed E-state index contributed by atoms with van der Waals surface area (Å²) in [5.41, 5.74) is 0.889. The molecule has 0 bridgehead atoms. The van der Waals surface area contributed by atoms with Crippen LogP contribution in [0.1, 0.15) is 32.4 Å². The van der Waals surface area contributed by atoms with Gasteiger partial charge in [-0.15, -0.1) is 11.3 Å². The molecule has 2 heterocycles. The molecule has 0 fully saturated rings. The van der Waals surface area contributed by atoms with E-state index in [0.717, 1.165) is 17.1 Å². The summed E-state index contributed by atoms with van der Waals surface area (Å²) < 4.78 is 1.97. The number of carbonyl (C=O) groups excluding carboxylic acids is 1. The van der Waals surface area contributed by atoms with Crippen LogP contribution in [0.25, 0.3) is 4.96 Å². The Bertz CT molecular complexity index is 455. The van der Waals surface area contributed by atoms with E-state index in [-0.39, 0.29) is 0 Å². The van der Waals surface area contributed by atoms with Crippen LogP contribution in [0.2, 0.25) is 0 Å². The molecule has 0 aliphatic rings. The highest BCUT2D eigenvalue weighted by Crippen LogP contribution is 2.13. The number of rotatable bonds is 5. The molecule has 0 atom stereocenters. The minimum Gasteiger partial charge on any atom is -0.299 e. The first-order valence-electron chi connectivity index (χ1n) is 5.58. The Kier molecular flexibility index (Phi) is 3.39. The zero-order valence-electron chi connectivity index (χ0n) is 9.64. The average molecular weight is 236 g/mol. The van der Waals surface area contributed by atoms with Crippen molar-refractivity contribution in [3.63, 3.8) is 0 Å². The van der Waals surface area contributed by atoms with Crippen molar-refractivity contribution in [3.05, 3.63) is 23.5 Å². The molecule has 0 N–H and O–H groups in total. The highest BCUT2D eigenvalue weighted by molar-refractivity contribution is 7.15. The van der Waals surface area contributed by atoms with Crippen molar-refractivity contribution >= 4 is 22.1 Å². The predicted octanol–water partition coefficient (Wildman–Crippen LogP) is 2.94. The number of imidazole rings is 1. The first-order valence-corrected chi connectivity index (χ1v) is 6.46. The molecule has 0 unspecified atom stereocenters. The minimum absolute atomic E-state index is 0.291. The van der Waals surface area contributed by atoms with Crippen molar-refractivity contribution in [2.24, 2.45) is 5.92 Å². The van der Waals surface area contributed by atoms with Gasteiger partial charge in [0.05, 0.1) is 12.1 Å². The summed E-state index contributed by atoms with van der Waals surface area (Å²) in [6.07, 6.45) is 6.03. The van der Waals surface area contributed by atoms with E-state index in [1.807, 2.05) is 22.2 Å². The number of hydrogen-bond acceptors (Lipinski definition) is 3. The number of nitrogens with zero attached hydrogens (tertiary/aromatic N) is 2. The molecule has 0 aliphatic carbocycles. The highest BCUT2D eigenvalue weighted by atomic mass is 32.1. The molecule has 0 saturated heterocycles. The van der Waals surface area contributed by atoms with Gasteiger partial charge in [-0.1, -0.05) is 13.8 Å². The molecule has 0 amide bonds. The predicted molar refractivity (Wildman–Crippen MR) is 65.9 cm³/mol. The maximum absolute atomic E-state index is 11.7. The third-order valence-electron chi connectivity index (χ3n) is 2.52. The van der Waals surface area contributed by atoms with Crippen molar-refractivity contribution in [2.75, 3.05) is 0 Å². The largest absolute Gasteiger partial charge is 0.299 e. The fourth-order valence-corrected chi connectivity index (χ4v) is 2.32. The number of thiazole rings is 1. The van der Waals surface area contributed by atoms with Crippen LogP contribution >= 0.6 is 11.3 Å². The molecule has 2 aromatic heterocycles. The third-order valence-corrected chi connectivity index (χ3v) is 3.29. The topological polar surface area (TPSA) is 34.4 Å². The van der Waals surface area contributed by atoms with E-state index in [4.69, 9.17) is 0 Å². The van der Waals surface area contributed by atoms with E-state index in [1.54, 1.807) is 11.3 Å². The van der Waals surface area contributed by atoms with Crippen molar-refractivity contribution in [1.29, 1.82) is 0 Å². The molecule has 0 aromatic carbocycles. The molecule has 0 aliphatic heterocycles. The third kappa shape index (κ3) is 2.70. The summed E-state index contributed by atoms with van der Waals surface area (Å²) >= 11 is 1.59.